The van der Waals surface area contributed by atoms with Crippen LogP contribution in [0.2, 0.25) is 0 Å². The van der Waals surface area contributed by atoms with Crippen LogP contribution in [0.4, 0.5) is 18.9 Å². The summed E-state index contributed by atoms with van der Waals surface area (Å²) in [5.74, 6) is -0.156. The van der Waals surface area contributed by atoms with Crippen LogP contribution in [0.15, 0.2) is 34.1 Å². The molecular weight excluding hydrogens is 387 g/mol. The highest BCUT2D eigenvalue weighted by Crippen LogP contribution is 2.35. The first-order valence-electron chi connectivity index (χ1n) is 6.01. The number of thiophene rings is 1. The molecule has 114 valence electrons. The Morgan fingerprint density at radius 1 is 1.29 bits per heavy atom. The summed E-state index contributed by atoms with van der Waals surface area (Å²) in [4.78, 5) is 2.85. The minimum absolute atomic E-state index is 0.0974. The lowest BCUT2D eigenvalue weighted by molar-refractivity contribution is -0.138. The van der Waals surface area contributed by atoms with Gasteiger partial charge in [0.05, 0.1) is 12.1 Å². The molecule has 2 rings (SSSR count). The summed E-state index contributed by atoms with van der Waals surface area (Å²) < 4.78 is 40.1. The van der Waals surface area contributed by atoms with E-state index >= 15 is 0 Å². The van der Waals surface area contributed by atoms with Crippen molar-refractivity contribution in [3.63, 3.8) is 0 Å². The van der Waals surface area contributed by atoms with Crippen LogP contribution >= 0.6 is 38.9 Å². The number of nitrogens with zero attached hydrogens (tertiary/aromatic N) is 1. The van der Waals surface area contributed by atoms with E-state index in [4.69, 9.17) is 11.6 Å². The van der Waals surface area contributed by atoms with Crippen molar-refractivity contribution >= 4 is 44.6 Å². The largest absolute Gasteiger partial charge is 0.416 e. The van der Waals surface area contributed by atoms with Gasteiger partial charge in [0.1, 0.15) is 0 Å². The van der Waals surface area contributed by atoms with Gasteiger partial charge < -0.3 is 4.90 Å². The molecule has 0 bridgehead atoms. The molecule has 2 aromatic rings. The molecule has 0 aliphatic rings. The van der Waals surface area contributed by atoms with Crippen LogP contribution < -0.4 is 4.90 Å². The van der Waals surface area contributed by atoms with Crippen LogP contribution in [-0.2, 0) is 18.6 Å². The van der Waals surface area contributed by atoms with E-state index in [0.717, 1.165) is 15.4 Å². The summed E-state index contributed by atoms with van der Waals surface area (Å²) in [7, 11) is 1.77. The maximum Gasteiger partial charge on any atom is 0.416 e. The van der Waals surface area contributed by atoms with Gasteiger partial charge in [0.2, 0.25) is 0 Å². The maximum atomic E-state index is 13.0. The zero-order valence-corrected chi connectivity index (χ0v) is 14.2. The van der Waals surface area contributed by atoms with Gasteiger partial charge in [-0.05, 0) is 39.7 Å². The Morgan fingerprint density at radius 3 is 2.52 bits per heavy atom. The molecule has 0 radical (unpaired) electrons. The van der Waals surface area contributed by atoms with Gasteiger partial charge >= 0.3 is 6.18 Å². The second-order valence-electron chi connectivity index (χ2n) is 4.56. The van der Waals surface area contributed by atoms with Crippen molar-refractivity contribution in [2.45, 2.75) is 18.6 Å². The molecule has 21 heavy (non-hydrogen) atoms. The van der Waals surface area contributed by atoms with Crippen molar-refractivity contribution in [2.24, 2.45) is 0 Å². The summed E-state index contributed by atoms with van der Waals surface area (Å²) in [5.41, 5.74) is -0.0601. The smallest absolute Gasteiger partial charge is 0.369 e. The Hall–Kier alpha value is -0.720. The molecule has 1 nitrogen and oxygen atoms in total. The fourth-order valence-corrected chi connectivity index (χ4v) is 3.68. The highest BCUT2D eigenvalue weighted by atomic mass is 79.9. The van der Waals surface area contributed by atoms with Gasteiger partial charge in [0.15, 0.2) is 0 Å². The second-order valence-corrected chi connectivity index (χ2v) is 6.74. The van der Waals surface area contributed by atoms with Gasteiger partial charge in [-0.25, -0.2) is 0 Å². The highest BCUT2D eigenvalue weighted by molar-refractivity contribution is 9.10. The van der Waals surface area contributed by atoms with Crippen molar-refractivity contribution in [1.82, 2.24) is 0 Å². The van der Waals surface area contributed by atoms with E-state index in [2.05, 4.69) is 15.9 Å². The van der Waals surface area contributed by atoms with E-state index < -0.39 is 11.7 Å². The van der Waals surface area contributed by atoms with Gasteiger partial charge in [-0.2, -0.15) is 13.2 Å². The second kappa shape index (κ2) is 6.58. The predicted octanol–water partition coefficient (Wildman–Crippen LogP) is 5.90. The zero-order valence-electron chi connectivity index (χ0n) is 11.0. The molecule has 0 amide bonds. The highest BCUT2D eigenvalue weighted by Gasteiger charge is 2.33. The van der Waals surface area contributed by atoms with Crippen LogP contribution in [0.5, 0.6) is 0 Å². The minimum Gasteiger partial charge on any atom is -0.369 e. The Balaban J connectivity index is 2.27. The van der Waals surface area contributed by atoms with Gasteiger partial charge in [-0.1, -0.05) is 6.07 Å². The topological polar surface area (TPSA) is 3.24 Å². The van der Waals surface area contributed by atoms with Crippen molar-refractivity contribution in [3.8, 4) is 0 Å². The lowest BCUT2D eigenvalue weighted by atomic mass is 10.1. The van der Waals surface area contributed by atoms with Crippen molar-refractivity contribution in [2.75, 3.05) is 11.9 Å². The SMILES string of the molecule is CN(Cc1cc(Br)cs1)c1ccc(CCl)c(C(F)(F)F)c1. The average molecular weight is 399 g/mol. The van der Waals surface area contributed by atoms with Crippen LogP contribution in [0.25, 0.3) is 0 Å². The molecule has 7 heteroatoms. The number of benzene rings is 1. The van der Waals surface area contributed by atoms with Crippen molar-refractivity contribution in [3.05, 3.63) is 50.1 Å². The molecule has 0 saturated heterocycles. The van der Waals surface area contributed by atoms with Gasteiger partial charge in [-0.15, -0.1) is 22.9 Å². The summed E-state index contributed by atoms with van der Waals surface area (Å²) in [6, 6.07) is 6.21. The zero-order chi connectivity index (χ0) is 15.6. The summed E-state index contributed by atoms with van der Waals surface area (Å²) in [6.07, 6.45) is -4.40. The normalized spacial score (nSPS) is 11.7. The number of halogens is 5. The van der Waals surface area contributed by atoms with E-state index in [1.54, 1.807) is 29.4 Å². The number of hydrogen-bond acceptors (Lipinski definition) is 2. The number of anilines is 1. The Labute approximate surface area is 138 Å². The van der Waals surface area contributed by atoms with Crippen molar-refractivity contribution < 1.29 is 13.2 Å². The molecule has 0 saturated carbocycles. The third-order valence-corrected chi connectivity index (χ3v) is 4.97. The van der Waals surface area contributed by atoms with Crippen LogP contribution in [0.1, 0.15) is 16.0 Å². The maximum absolute atomic E-state index is 13.0. The Kier molecular flexibility index (Phi) is 5.22. The van der Waals surface area contributed by atoms with Crippen molar-refractivity contribution in [1.29, 1.82) is 0 Å². The number of hydrogen-bond donors (Lipinski definition) is 0. The summed E-state index contributed by atoms with van der Waals surface area (Å²) in [5, 5.41) is 1.95. The predicted molar refractivity (Wildman–Crippen MR) is 85.1 cm³/mol. The first-order valence-corrected chi connectivity index (χ1v) is 8.22. The Bertz CT molecular complexity index is 627. The molecule has 1 heterocycles. The lowest BCUT2D eigenvalue weighted by Gasteiger charge is -2.21. The molecular formula is C14H12BrClF3NS. The third kappa shape index (κ3) is 4.14. The van der Waals surface area contributed by atoms with E-state index in [9.17, 15) is 13.2 Å². The molecule has 0 aliphatic heterocycles. The first kappa shape index (κ1) is 16.6. The summed E-state index contributed by atoms with van der Waals surface area (Å²) in [6.45, 7) is 0.549. The first-order chi connectivity index (χ1) is 9.81. The standard InChI is InChI=1S/C14H12BrClF3NS/c1-20(7-12-4-10(15)8-21-12)11-3-2-9(6-16)13(5-11)14(17,18)19/h2-5,8H,6-7H2,1H3. The minimum atomic E-state index is -4.40. The van der Waals surface area contributed by atoms with E-state index in [0.29, 0.717) is 12.2 Å². The molecule has 0 spiro atoms. The number of rotatable bonds is 4. The average Bonchev–Trinajstić information content (AvgIpc) is 2.82. The van der Waals surface area contributed by atoms with Gasteiger partial charge in [-0.3, -0.25) is 0 Å². The molecule has 0 aliphatic carbocycles. The Morgan fingerprint density at radius 2 is 2.00 bits per heavy atom. The molecule has 0 unspecified atom stereocenters. The van der Waals surface area contributed by atoms with Gasteiger partial charge in [0.25, 0.3) is 0 Å². The molecule has 1 aromatic carbocycles. The fourth-order valence-electron chi connectivity index (χ4n) is 1.94. The molecule has 0 fully saturated rings. The number of alkyl halides is 4. The van der Waals surface area contributed by atoms with Gasteiger partial charge in [0, 0.05) is 33.3 Å². The van der Waals surface area contributed by atoms with Crippen LogP contribution in [-0.4, -0.2) is 7.05 Å². The fraction of sp³-hybridized carbons (Fsp3) is 0.286. The monoisotopic (exact) mass is 397 g/mol. The third-order valence-electron chi connectivity index (χ3n) is 3.00. The summed E-state index contributed by atoms with van der Waals surface area (Å²) >= 11 is 10.5. The molecule has 0 N–H and O–H groups in total. The quantitative estimate of drug-likeness (QED) is 0.579. The van der Waals surface area contributed by atoms with E-state index in [-0.39, 0.29) is 11.4 Å². The molecule has 1 aromatic heterocycles. The molecule has 0 atom stereocenters. The van der Waals surface area contributed by atoms with E-state index in [1.165, 1.54) is 6.07 Å². The van der Waals surface area contributed by atoms with E-state index in [1.807, 2.05) is 11.4 Å². The lowest BCUT2D eigenvalue weighted by Crippen LogP contribution is -2.17. The van der Waals surface area contributed by atoms with Crippen LogP contribution in [0, 0.1) is 0 Å². The van der Waals surface area contributed by atoms with Crippen LogP contribution in [0.3, 0.4) is 0 Å².